The fourth-order valence-electron chi connectivity index (χ4n) is 2.32. The van der Waals surface area contributed by atoms with E-state index in [1.165, 1.54) is 11.3 Å². The van der Waals surface area contributed by atoms with Crippen molar-refractivity contribution < 1.29 is 9.53 Å². The molecular formula is C15H16N4O2S. The number of nitrogens with one attached hydrogen (secondary N) is 1. The summed E-state index contributed by atoms with van der Waals surface area (Å²) in [6.07, 6.45) is 0. The number of anilines is 1. The van der Waals surface area contributed by atoms with Crippen molar-refractivity contribution in [2.75, 3.05) is 12.8 Å². The van der Waals surface area contributed by atoms with Crippen LogP contribution in [-0.4, -0.2) is 22.6 Å². The van der Waals surface area contributed by atoms with Crippen LogP contribution in [0.4, 0.5) is 5.13 Å². The van der Waals surface area contributed by atoms with Gasteiger partial charge < -0.3 is 20.4 Å². The van der Waals surface area contributed by atoms with E-state index in [4.69, 9.17) is 10.5 Å². The van der Waals surface area contributed by atoms with Crippen LogP contribution in [0.3, 0.4) is 0 Å². The van der Waals surface area contributed by atoms with Gasteiger partial charge in [-0.05, 0) is 18.2 Å². The SMILES string of the molecule is COc1ccc2cc(C(=O)NCc3csc(N)n3)n(C)c2c1. The molecule has 1 aromatic carbocycles. The molecule has 3 N–H and O–H groups in total. The van der Waals surface area contributed by atoms with Crippen LogP contribution in [0.25, 0.3) is 10.9 Å². The minimum absolute atomic E-state index is 0.149. The second-order valence-corrected chi connectivity index (χ2v) is 5.76. The van der Waals surface area contributed by atoms with Gasteiger partial charge >= 0.3 is 0 Å². The van der Waals surface area contributed by atoms with Gasteiger partial charge in [0.05, 0.1) is 24.9 Å². The first-order chi connectivity index (χ1) is 10.6. The van der Waals surface area contributed by atoms with Gasteiger partial charge in [-0.1, -0.05) is 0 Å². The molecule has 114 valence electrons. The van der Waals surface area contributed by atoms with E-state index in [9.17, 15) is 4.79 Å². The number of benzene rings is 1. The van der Waals surface area contributed by atoms with Gasteiger partial charge in [0.1, 0.15) is 11.4 Å². The maximum absolute atomic E-state index is 12.4. The number of rotatable bonds is 4. The van der Waals surface area contributed by atoms with Crippen molar-refractivity contribution in [2.45, 2.75) is 6.54 Å². The molecule has 0 saturated heterocycles. The molecule has 3 rings (SSSR count). The number of aryl methyl sites for hydroxylation is 1. The number of thiazole rings is 1. The zero-order valence-electron chi connectivity index (χ0n) is 12.3. The maximum Gasteiger partial charge on any atom is 0.268 e. The summed E-state index contributed by atoms with van der Waals surface area (Å²) in [5.74, 6) is 0.614. The number of nitrogen functional groups attached to an aromatic ring is 1. The lowest BCUT2D eigenvalue weighted by Gasteiger charge is -2.05. The van der Waals surface area contributed by atoms with Gasteiger partial charge in [0.25, 0.3) is 5.91 Å². The highest BCUT2D eigenvalue weighted by atomic mass is 32.1. The molecule has 6 nitrogen and oxygen atoms in total. The average Bonchev–Trinajstić information content (AvgIpc) is 3.08. The van der Waals surface area contributed by atoms with E-state index >= 15 is 0 Å². The average molecular weight is 316 g/mol. The topological polar surface area (TPSA) is 82.2 Å². The zero-order valence-corrected chi connectivity index (χ0v) is 13.1. The highest BCUT2D eigenvalue weighted by Crippen LogP contribution is 2.23. The normalized spacial score (nSPS) is 10.8. The first-order valence-electron chi connectivity index (χ1n) is 6.70. The fraction of sp³-hybridized carbons (Fsp3) is 0.200. The molecule has 2 aromatic heterocycles. The minimum atomic E-state index is -0.149. The number of nitrogens with zero attached hydrogens (tertiary/aromatic N) is 2. The Kier molecular flexibility index (Phi) is 3.72. The molecule has 0 atom stereocenters. The molecule has 3 aromatic rings. The largest absolute Gasteiger partial charge is 0.497 e. The third kappa shape index (κ3) is 2.62. The number of hydrogen-bond donors (Lipinski definition) is 2. The van der Waals surface area contributed by atoms with Crippen LogP contribution >= 0.6 is 11.3 Å². The van der Waals surface area contributed by atoms with Gasteiger partial charge in [0.15, 0.2) is 5.13 Å². The van der Waals surface area contributed by atoms with Crippen LogP contribution in [-0.2, 0) is 13.6 Å². The number of nitrogens with two attached hydrogens (primary N) is 1. The summed E-state index contributed by atoms with van der Waals surface area (Å²) in [7, 11) is 3.48. The highest BCUT2D eigenvalue weighted by molar-refractivity contribution is 7.13. The van der Waals surface area contributed by atoms with Crippen LogP contribution in [0.15, 0.2) is 29.6 Å². The Balaban J connectivity index is 1.82. The molecule has 0 spiro atoms. The molecule has 0 fully saturated rings. The number of methoxy groups -OCH3 is 1. The maximum atomic E-state index is 12.4. The van der Waals surface area contributed by atoms with Gasteiger partial charge in [-0.2, -0.15) is 0 Å². The first kappa shape index (κ1) is 14.4. The summed E-state index contributed by atoms with van der Waals surface area (Å²) in [4.78, 5) is 16.5. The van der Waals surface area contributed by atoms with Gasteiger partial charge in [-0.3, -0.25) is 4.79 Å². The standard InChI is InChI=1S/C15H16N4O2S/c1-19-12-6-11(21-2)4-3-9(12)5-13(19)14(20)17-7-10-8-22-15(16)18-10/h3-6,8H,7H2,1-2H3,(H2,16,18)(H,17,20). The molecule has 1 amide bonds. The third-order valence-electron chi connectivity index (χ3n) is 3.48. The quantitative estimate of drug-likeness (QED) is 0.773. The summed E-state index contributed by atoms with van der Waals surface area (Å²) in [6.45, 7) is 0.359. The Morgan fingerprint density at radius 3 is 2.95 bits per heavy atom. The van der Waals surface area contributed by atoms with Gasteiger partial charge in [0.2, 0.25) is 0 Å². The van der Waals surface area contributed by atoms with Gasteiger partial charge in [-0.25, -0.2) is 4.98 Å². The van der Waals surface area contributed by atoms with Gasteiger partial charge in [-0.15, -0.1) is 11.3 Å². The summed E-state index contributed by atoms with van der Waals surface area (Å²) in [6, 6.07) is 7.58. The second-order valence-electron chi connectivity index (χ2n) is 4.87. The number of aromatic nitrogens is 2. The molecular weight excluding hydrogens is 300 g/mol. The molecule has 0 aliphatic rings. The van der Waals surface area contributed by atoms with Crippen LogP contribution in [0.1, 0.15) is 16.2 Å². The van der Waals surface area contributed by atoms with E-state index in [1.807, 2.05) is 41.3 Å². The Labute approximate surface area is 131 Å². The van der Waals surface area contributed by atoms with E-state index < -0.39 is 0 Å². The lowest BCUT2D eigenvalue weighted by atomic mass is 10.2. The molecule has 2 heterocycles. The molecule has 0 unspecified atom stereocenters. The van der Waals surface area contributed by atoms with Crippen molar-refractivity contribution in [1.29, 1.82) is 0 Å². The number of carbonyl (C=O) groups excluding carboxylic acids is 1. The highest BCUT2D eigenvalue weighted by Gasteiger charge is 2.14. The molecule has 7 heteroatoms. The van der Waals surface area contributed by atoms with Crippen LogP contribution in [0, 0.1) is 0 Å². The lowest BCUT2D eigenvalue weighted by Crippen LogP contribution is -2.25. The lowest BCUT2D eigenvalue weighted by molar-refractivity contribution is 0.0942. The Bertz CT molecular complexity index is 837. The Morgan fingerprint density at radius 2 is 2.27 bits per heavy atom. The van der Waals surface area contributed by atoms with Crippen molar-refractivity contribution in [2.24, 2.45) is 7.05 Å². The van der Waals surface area contributed by atoms with Crippen molar-refractivity contribution in [3.05, 3.63) is 41.0 Å². The number of fused-ring (bicyclic) bond motifs is 1. The van der Waals surface area contributed by atoms with Gasteiger partial charge in [0, 0.05) is 23.9 Å². The van der Waals surface area contributed by atoms with E-state index in [-0.39, 0.29) is 5.91 Å². The third-order valence-corrected chi connectivity index (χ3v) is 4.21. The summed E-state index contributed by atoms with van der Waals surface area (Å²) in [5.41, 5.74) is 7.87. The number of amides is 1. The van der Waals surface area contributed by atoms with E-state index in [0.717, 1.165) is 22.3 Å². The van der Waals surface area contributed by atoms with Crippen molar-refractivity contribution in [3.8, 4) is 5.75 Å². The van der Waals surface area contributed by atoms with E-state index in [1.54, 1.807) is 7.11 Å². The van der Waals surface area contributed by atoms with Crippen molar-refractivity contribution in [1.82, 2.24) is 14.9 Å². The molecule has 0 aliphatic heterocycles. The van der Waals surface area contributed by atoms with Crippen LogP contribution < -0.4 is 15.8 Å². The summed E-state index contributed by atoms with van der Waals surface area (Å²) >= 11 is 1.36. The summed E-state index contributed by atoms with van der Waals surface area (Å²) in [5, 5.41) is 6.18. The zero-order chi connectivity index (χ0) is 15.7. The minimum Gasteiger partial charge on any atom is -0.497 e. The molecule has 0 bridgehead atoms. The van der Waals surface area contributed by atoms with E-state index in [2.05, 4.69) is 10.3 Å². The number of carbonyl (C=O) groups is 1. The number of ether oxygens (including phenoxy) is 1. The Morgan fingerprint density at radius 1 is 1.45 bits per heavy atom. The monoisotopic (exact) mass is 316 g/mol. The van der Waals surface area contributed by atoms with E-state index in [0.29, 0.717) is 17.4 Å². The predicted octanol–water partition coefficient (Wildman–Crippen LogP) is 2.16. The molecule has 0 saturated carbocycles. The predicted molar refractivity (Wildman–Crippen MR) is 87.2 cm³/mol. The fourth-order valence-corrected chi connectivity index (χ4v) is 2.88. The van der Waals surface area contributed by atoms with Crippen molar-refractivity contribution in [3.63, 3.8) is 0 Å². The van der Waals surface area contributed by atoms with Crippen LogP contribution in [0.5, 0.6) is 5.75 Å². The second kappa shape index (κ2) is 5.69. The van der Waals surface area contributed by atoms with Crippen molar-refractivity contribution >= 4 is 33.3 Å². The number of hydrogen-bond acceptors (Lipinski definition) is 5. The summed E-state index contributed by atoms with van der Waals surface area (Å²) < 4.78 is 7.07. The Hall–Kier alpha value is -2.54. The molecule has 0 aliphatic carbocycles. The smallest absolute Gasteiger partial charge is 0.268 e. The molecule has 0 radical (unpaired) electrons. The molecule has 22 heavy (non-hydrogen) atoms. The first-order valence-corrected chi connectivity index (χ1v) is 7.58. The van der Waals surface area contributed by atoms with Crippen LogP contribution in [0.2, 0.25) is 0 Å².